The lowest BCUT2D eigenvalue weighted by Crippen LogP contribution is -2.50. The summed E-state index contributed by atoms with van der Waals surface area (Å²) in [5.41, 5.74) is 2.10. The number of aliphatic hydroxyl groups is 1. The molecule has 4 rings (SSSR count). The Labute approximate surface area is 156 Å². The van der Waals surface area contributed by atoms with Gasteiger partial charge in [-0.25, -0.2) is 4.39 Å². The summed E-state index contributed by atoms with van der Waals surface area (Å²) < 4.78 is 19.1. The Hall–Kier alpha value is -2.92. The van der Waals surface area contributed by atoms with Crippen LogP contribution in [0.3, 0.4) is 0 Å². The van der Waals surface area contributed by atoms with Crippen molar-refractivity contribution in [2.75, 3.05) is 7.11 Å². The highest BCUT2D eigenvalue weighted by Crippen LogP contribution is 2.33. The van der Waals surface area contributed by atoms with Gasteiger partial charge in [0.15, 0.2) is 11.6 Å². The van der Waals surface area contributed by atoms with E-state index in [1.54, 1.807) is 18.2 Å². The monoisotopic (exact) mass is 365 g/mol. The number of aliphatic hydroxyl groups excluding tert-OH is 1. The molecule has 2 N–H and O–H groups in total. The number of carbonyl (C=O) groups excluding carboxylic acids is 1. The zero-order valence-corrected chi connectivity index (χ0v) is 14.9. The molecule has 3 aromatic carbocycles. The van der Waals surface area contributed by atoms with Crippen molar-refractivity contribution in [1.82, 2.24) is 5.32 Å². The molecule has 27 heavy (non-hydrogen) atoms. The van der Waals surface area contributed by atoms with E-state index in [-0.39, 0.29) is 17.7 Å². The van der Waals surface area contributed by atoms with Gasteiger partial charge < -0.3 is 15.2 Å². The summed E-state index contributed by atoms with van der Waals surface area (Å²) in [4.78, 5) is 12.7. The molecule has 0 unspecified atom stereocenters. The Morgan fingerprint density at radius 2 is 1.89 bits per heavy atom. The highest BCUT2D eigenvalue weighted by atomic mass is 19.1. The molecular weight excluding hydrogens is 345 g/mol. The first-order valence-corrected chi connectivity index (χ1v) is 8.93. The molecule has 0 aliphatic heterocycles. The van der Waals surface area contributed by atoms with Crippen molar-refractivity contribution in [2.24, 2.45) is 0 Å². The number of fused-ring (bicyclic) bond motifs is 1. The van der Waals surface area contributed by atoms with Gasteiger partial charge in [-0.05, 0) is 52.9 Å². The van der Waals surface area contributed by atoms with Crippen LogP contribution in [0.15, 0.2) is 54.6 Å². The van der Waals surface area contributed by atoms with Crippen LogP contribution in [0.2, 0.25) is 0 Å². The third kappa shape index (κ3) is 3.15. The Morgan fingerprint density at radius 1 is 1.11 bits per heavy atom. The van der Waals surface area contributed by atoms with Gasteiger partial charge in [-0.1, -0.05) is 36.4 Å². The number of ether oxygens (including phenoxy) is 1. The summed E-state index contributed by atoms with van der Waals surface area (Å²) in [6.07, 6.45) is 1.03. The molecule has 0 aromatic heterocycles. The average molecular weight is 365 g/mol. The van der Waals surface area contributed by atoms with E-state index < -0.39 is 11.9 Å². The predicted octanol–water partition coefficient (Wildman–Crippen LogP) is 3.91. The van der Waals surface area contributed by atoms with Crippen LogP contribution in [-0.2, 0) is 0 Å². The average Bonchev–Trinajstić information content (AvgIpc) is 2.69. The van der Waals surface area contributed by atoms with Gasteiger partial charge in [0.1, 0.15) is 0 Å². The lowest BCUT2D eigenvalue weighted by Gasteiger charge is -2.33. The number of nitrogens with one attached hydrogen (secondary N) is 1. The van der Waals surface area contributed by atoms with Gasteiger partial charge in [0.05, 0.1) is 19.3 Å². The number of rotatable bonds is 4. The molecule has 1 amide bonds. The fourth-order valence-electron chi connectivity index (χ4n) is 3.48. The molecule has 3 aromatic rings. The molecule has 0 radical (unpaired) electrons. The van der Waals surface area contributed by atoms with Crippen LogP contribution in [0.5, 0.6) is 5.75 Å². The van der Waals surface area contributed by atoms with E-state index in [0.29, 0.717) is 17.5 Å². The first-order chi connectivity index (χ1) is 13.1. The number of amides is 1. The summed E-state index contributed by atoms with van der Waals surface area (Å²) in [7, 11) is 1.43. The Bertz CT molecular complexity index is 1020. The number of hydrogen-bond acceptors (Lipinski definition) is 3. The van der Waals surface area contributed by atoms with Crippen LogP contribution < -0.4 is 10.1 Å². The molecule has 0 bridgehead atoms. The molecule has 5 heteroatoms. The summed E-state index contributed by atoms with van der Waals surface area (Å²) in [5, 5.41) is 14.3. The largest absolute Gasteiger partial charge is 0.494 e. The maximum Gasteiger partial charge on any atom is 0.252 e. The number of halogens is 1. The SMILES string of the molecule is COc1ccc(-c2ccc(C(=O)N[C@H]3CC[C@H]3O)c3ccccc23)cc1F. The highest BCUT2D eigenvalue weighted by molar-refractivity contribution is 6.11. The zero-order valence-electron chi connectivity index (χ0n) is 14.9. The summed E-state index contributed by atoms with van der Waals surface area (Å²) in [6.45, 7) is 0. The Balaban J connectivity index is 1.76. The van der Waals surface area contributed by atoms with Crippen molar-refractivity contribution < 1.29 is 19.0 Å². The van der Waals surface area contributed by atoms with Crippen LogP contribution in [0.4, 0.5) is 4.39 Å². The zero-order chi connectivity index (χ0) is 19.0. The molecule has 0 spiro atoms. The van der Waals surface area contributed by atoms with Gasteiger partial charge in [-0.3, -0.25) is 4.79 Å². The molecule has 1 aliphatic carbocycles. The molecule has 1 saturated carbocycles. The van der Waals surface area contributed by atoms with Gasteiger partial charge in [0, 0.05) is 5.56 Å². The van der Waals surface area contributed by atoms with Crippen molar-refractivity contribution >= 4 is 16.7 Å². The van der Waals surface area contributed by atoms with Crippen molar-refractivity contribution in [3.63, 3.8) is 0 Å². The van der Waals surface area contributed by atoms with E-state index in [4.69, 9.17) is 4.74 Å². The van der Waals surface area contributed by atoms with E-state index in [1.807, 2.05) is 30.3 Å². The van der Waals surface area contributed by atoms with E-state index in [1.165, 1.54) is 13.2 Å². The van der Waals surface area contributed by atoms with Crippen LogP contribution >= 0.6 is 0 Å². The minimum absolute atomic E-state index is 0.188. The fraction of sp³-hybridized carbons (Fsp3) is 0.227. The summed E-state index contributed by atoms with van der Waals surface area (Å²) >= 11 is 0. The maximum absolute atomic E-state index is 14.2. The molecule has 4 nitrogen and oxygen atoms in total. The number of benzene rings is 3. The smallest absolute Gasteiger partial charge is 0.252 e. The Kier molecular flexibility index (Phi) is 4.54. The molecule has 0 saturated heterocycles. The van der Waals surface area contributed by atoms with Crippen LogP contribution in [0.1, 0.15) is 23.2 Å². The third-order valence-electron chi connectivity index (χ3n) is 5.19. The second-order valence-corrected chi connectivity index (χ2v) is 6.78. The van der Waals surface area contributed by atoms with Crippen molar-refractivity contribution in [1.29, 1.82) is 0 Å². The maximum atomic E-state index is 14.2. The lowest BCUT2D eigenvalue weighted by molar-refractivity contribution is 0.0448. The summed E-state index contributed by atoms with van der Waals surface area (Å²) in [6, 6.07) is 15.8. The molecule has 0 heterocycles. The summed E-state index contributed by atoms with van der Waals surface area (Å²) in [5.74, 6) is -0.444. The number of hydrogen-bond donors (Lipinski definition) is 2. The lowest BCUT2D eigenvalue weighted by atomic mass is 9.88. The van der Waals surface area contributed by atoms with Crippen LogP contribution in [0, 0.1) is 5.82 Å². The topological polar surface area (TPSA) is 58.6 Å². The molecular formula is C22H20FNO3. The fourth-order valence-corrected chi connectivity index (χ4v) is 3.48. The number of methoxy groups -OCH3 is 1. The predicted molar refractivity (Wildman–Crippen MR) is 102 cm³/mol. The molecule has 2 atom stereocenters. The highest BCUT2D eigenvalue weighted by Gasteiger charge is 2.30. The van der Waals surface area contributed by atoms with E-state index >= 15 is 0 Å². The van der Waals surface area contributed by atoms with Crippen molar-refractivity contribution in [3.05, 3.63) is 66.0 Å². The van der Waals surface area contributed by atoms with E-state index in [9.17, 15) is 14.3 Å². The molecule has 1 aliphatic rings. The molecule has 138 valence electrons. The number of carbonyl (C=O) groups is 1. The standard InChI is InChI=1S/C22H20FNO3/c1-27-21-11-6-13(12-18(21)23)14-7-8-17(16-5-3-2-4-15(14)16)22(26)24-19-9-10-20(19)25/h2-8,11-12,19-20,25H,9-10H2,1H3,(H,24,26)/t19-,20+/m0/s1. The first-order valence-electron chi connectivity index (χ1n) is 8.93. The second-order valence-electron chi connectivity index (χ2n) is 6.78. The van der Waals surface area contributed by atoms with Crippen molar-refractivity contribution in [2.45, 2.75) is 25.0 Å². The second kappa shape index (κ2) is 7.00. The minimum atomic E-state index is -0.471. The van der Waals surface area contributed by atoms with E-state index in [2.05, 4.69) is 5.32 Å². The minimum Gasteiger partial charge on any atom is -0.494 e. The first kappa shape index (κ1) is 17.5. The quantitative estimate of drug-likeness (QED) is 0.737. The third-order valence-corrected chi connectivity index (χ3v) is 5.19. The van der Waals surface area contributed by atoms with Crippen LogP contribution in [0.25, 0.3) is 21.9 Å². The van der Waals surface area contributed by atoms with Gasteiger partial charge in [0.25, 0.3) is 5.91 Å². The van der Waals surface area contributed by atoms with Gasteiger partial charge in [-0.2, -0.15) is 0 Å². The van der Waals surface area contributed by atoms with Gasteiger partial charge in [0.2, 0.25) is 0 Å². The van der Waals surface area contributed by atoms with Gasteiger partial charge >= 0.3 is 0 Å². The van der Waals surface area contributed by atoms with Gasteiger partial charge in [-0.15, -0.1) is 0 Å². The normalized spacial score (nSPS) is 18.8. The van der Waals surface area contributed by atoms with Crippen LogP contribution in [-0.4, -0.2) is 30.3 Å². The Morgan fingerprint density at radius 3 is 2.52 bits per heavy atom. The van der Waals surface area contributed by atoms with Crippen molar-refractivity contribution in [3.8, 4) is 16.9 Å². The molecule has 1 fully saturated rings. The van der Waals surface area contributed by atoms with E-state index in [0.717, 1.165) is 22.8 Å².